The fourth-order valence-corrected chi connectivity index (χ4v) is 2.89. The number of pyridine rings is 1. The minimum atomic E-state index is -0.396. The van der Waals surface area contributed by atoms with E-state index in [4.69, 9.17) is 10.00 Å². The first-order valence-electron chi connectivity index (χ1n) is 7.45. The summed E-state index contributed by atoms with van der Waals surface area (Å²) in [7, 11) is 0. The molecular formula is C18H17BrN2O3. The Hall–Kier alpha value is -2.39. The number of halogens is 1. The SMILES string of the molecule is Cc1[nH]c(=O)c(C#N)c(C)c1CCC(=O)OCc1ccccc1Br. The molecule has 6 heteroatoms. The number of ether oxygens (including phenoxy) is 1. The molecule has 2 rings (SSSR count). The number of benzene rings is 1. The number of aromatic amines is 1. The number of carbonyl (C=O) groups excluding carboxylic acids is 1. The van der Waals surface area contributed by atoms with Gasteiger partial charge in [-0.1, -0.05) is 34.1 Å². The van der Waals surface area contributed by atoms with E-state index in [0.29, 0.717) is 17.7 Å². The zero-order valence-electron chi connectivity index (χ0n) is 13.5. The smallest absolute Gasteiger partial charge is 0.306 e. The van der Waals surface area contributed by atoms with E-state index in [2.05, 4.69) is 20.9 Å². The summed E-state index contributed by atoms with van der Waals surface area (Å²) < 4.78 is 6.18. The van der Waals surface area contributed by atoms with Crippen LogP contribution in [-0.2, 0) is 22.6 Å². The number of rotatable bonds is 5. The summed E-state index contributed by atoms with van der Waals surface area (Å²) in [6.45, 7) is 3.69. The summed E-state index contributed by atoms with van der Waals surface area (Å²) in [5, 5.41) is 9.06. The van der Waals surface area contributed by atoms with Crippen LogP contribution in [0.3, 0.4) is 0 Å². The van der Waals surface area contributed by atoms with Gasteiger partial charge in [0.2, 0.25) is 0 Å². The van der Waals surface area contributed by atoms with Crippen molar-refractivity contribution in [3.05, 3.63) is 67.0 Å². The van der Waals surface area contributed by atoms with E-state index >= 15 is 0 Å². The lowest BCUT2D eigenvalue weighted by molar-refractivity contribution is -0.144. The van der Waals surface area contributed by atoms with Crippen LogP contribution in [0.15, 0.2) is 33.5 Å². The quantitative estimate of drug-likeness (QED) is 0.796. The van der Waals surface area contributed by atoms with Gasteiger partial charge in [0.15, 0.2) is 0 Å². The monoisotopic (exact) mass is 388 g/mol. The maximum Gasteiger partial charge on any atom is 0.306 e. The van der Waals surface area contributed by atoms with Crippen molar-refractivity contribution in [2.45, 2.75) is 33.3 Å². The van der Waals surface area contributed by atoms with Crippen LogP contribution in [0.25, 0.3) is 0 Å². The number of aromatic nitrogens is 1. The van der Waals surface area contributed by atoms with Gasteiger partial charge in [-0.15, -0.1) is 0 Å². The molecule has 0 fully saturated rings. The molecule has 1 heterocycles. The molecule has 1 aromatic heterocycles. The summed E-state index contributed by atoms with van der Waals surface area (Å²) in [4.78, 5) is 26.3. The first kappa shape index (κ1) is 18.0. The van der Waals surface area contributed by atoms with Crippen molar-refractivity contribution >= 4 is 21.9 Å². The maximum absolute atomic E-state index is 12.0. The van der Waals surface area contributed by atoms with Crippen LogP contribution in [0.1, 0.15) is 34.4 Å². The average molecular weight is 389 g/mol. The molecular weight excluding hydrogens is 372 g/mol. The number of carbonyl (C=O) groups is 1. The van der Waals surface area contributed by atoms with Gasteiger partial charge in [-0.2, -0.15) is 5.26 Å². The topological polar surface area (TPSA) is 83.0 Å². The number of esters is 1. The van der Waals surface area contributed by atoms with E-state index in [-0.39, 0.29) is 24.6 Å². The van der Waals surface area contributed by atoms with Crippen molar-refractivity contribution < 1.29 is 9.53 Å². The first-order chi connectivity index (χ1) is 11.4. The number of aryl methyl sites for hydroxylation is 1. The van der Waals surface area contributed by atoms with E-state index in [9.17, 15) is 9.59 Å². The molecule has 0 spiro atoms. The zero-order chi connectivity index (χ0) is 17.7. The van der Waals surface area contributed by atoms with Gasteiger partial charge in [0.05, 0.1) is 0 Å². The van der Waals surface area contributed by atoms with Crippen molar-refractivity contribution in [1.29, 1.82) is 5.26 Å². The molecule has 5 nitrogen and oxygen atoms in total. The van der Waals surface area contributed by atoms with Crippen LogP contribution in [0.5, 0.6) is 0 Å². The highest BCUT2D eigenvalue weighted by atomic mass is 79.9. The predicted octanol–water partition coefficient (Wildman–Crippen LogP) is 3.30. The molecule has 24 heavy (non-hydrogen) atoms. The zero-order valence-corrected chi connectivity index (χ0v) is 15.1. The normalized spacial score (nSPS) is 10.2. The number of nitriles is 1. The number of nitrogens with zero attached hydrogens (tertiary/aromatic N) is 1. The van der Waals surface area contributed by atoms with E-state index < -0.39 is 5.56 Å². The second-order valence-corrected chi connectivity index (χ2v) is 6.28. The van der Waals surface area contributed by atoms with Crippen LogP contribution in [0, 0.1) is 25.2 Å². The standard InChI is InChI=1S/C18H17BrN2O3/c1-11-14(12(2)21-18(23)15(11)9-20)7-8-17(22)24-10-13-5-3-4-6-16(13)19/h3-6H,7-8,10H2,1-2H3,(H,21,23). The Kier molecular flexibility index (Phi) is 5.93. The van der Waals surface area contributed by atoms with Gasteiger partial charge in [0.25, 0.3) is 5.56 Å². The van der Waals surface area contributed by atoms with Crippen molar-refractivity contribution in [2.24, 2.45) is 0 Å². The highest BCUT2D eigenvalue weighted by Crippen LogP contribution is 2.18. The highest BCUT2D eigenvalue weighted by molar-refractivity contribution is 9.10. The maximum atomic E-state index is 12.0. The third-order valence-electron chi connectivity index (χ3n) is 3.85. The van der Waals surface area contributed by atoms with Crippen LogP contribution < -0.4 is 5.56 Å². The number of hydrogen-bond donors (Lipinski definition) is 1. The summed E-state index contributed by atoms with van der Waals surface area (Å²) >= 11 is 3.41. The largest absolute Gasteiger partial charge is 0.461 e. The second kappa shape index (κ2) is 7.93. The van der Waals surface area contributed by atoms with Crippen molar-refractivity contribution in [3.8, 4) is 6.07 Å². The third-order valence-corrected chi connectivity index (χ3v) is 4.62. The lowest BCUT2D eigenvalue weighted by Gasteiger charge is -2.11. The molecule has 1 N–H and O–H groups in total. The number of H-pyrrole nitrogens is 1. The lowest BCUT2D eigenvalue weighted by atomic mass is 9.99. The average Bonchev–Trinajstić information content (AvgIpc) is 2.54. The minimum Gasteiger partial charge on any atom is -0.461 e. The van der Waals surface area contributed by atoms with Gasteiger partial charge in [-0.25, -0.2) is 0 Å². The molecule has 0 amide bonds. The van der Waals surface area contributed by atoms with E-state index in [1.165, 1.54) is 0 Å². The molecule has 0 bridgehead atoms. The fraction of sp³-hybridized carbons (Fsp3) is 0.278. The van der Waals surface area contributed by atoms with E-state index in [1.54, 1.807) is 13.8 Å². The van der Waals surface area contributed by atoms with Crippen LogP contribution in [0.4, 0.5) is 0 Å². The van der Waals surface area contributed by atoms with Crippen molar-refractivity contribution in [3.63, 3.8) is 0 Å². The molecule has 0 aliphatic rings. The van der Waals surface area contributed by atoms with Gasteiger partial charge in [0.1, 0.15) is 18.2 Å². The predicted molar refractivity (Wildman–Crippen MR) is 93.5 cm³/mol. The molecule has 0 aliphatic carbocycles. The molecule has 0 radical (unpaired) electrons. The summed E-state index contributed by atoms with van der Waals surface area (Å²) in [5.41, 5.74) is 2.70. The minimum absolute atomic E-state index is 0.0946. The molecule has 0 saturated carbocycles. The summed E-state index contributed by atoms with van der Waals surface area (Å²) in [5.74, 6) is -0.325. The Labute approximate surface area is 148 Å². The Morgan fingerprint density at radius 1 is 1.33 bits per heavy atom. The molecule has 0 atom stereocenters. The van der Waals surface area contributed by atoms with E-state index in [0.717, 1.165) is 15.6 Å². The third kappa shape index (κ3) is 4.12. The van der Waals surface area contributed by atoms with Crippen molar-refractivity contribution in [2.75, 3.05) is 0 Å². The van der Waals surface area contributed by atoms with Gasteiger partial charge in [-0.05, 0) is 37.5 Å². The Morgan fingerprint density at radius 3 is 2.71 bits per heavy atom. The van der Waals surface area contributed by atoms with Gasteiger partial charge in [0, 0.05) is 22.2 Å². The number of nitrogens with one attached hydrogen (secondary N) is 1. The van der Waals surface area contributed by atoms with E-state index in [1.807, 2.05) is 30.3 Å². The highest BCUT2D eigenvalue weighted by Gasteiger charge is 2.14. The summed E-state index contributed by atoms with van der Waals surface area (Å²) in [6.07, 6.45) is 0.598. The van der Waals surface area contributed by atoms with Crippen LogP contribution in [0.2, 0.25) is 0 Å². The molecule has 2 aromatic rings. The fourth-order valence-electron chi connectivity index (χ4n) is 2.49. The van der Waals surface area contributed by atoms with Gasteiger partial charge < -0.3 is 9.72 Å². The lowest BCUT2D eigenvalue weighted by Crippen LogP contribution is -2.17. The Balaban J connectivity index is 2.01. The van der Waals surface area contributed by atoms with Gasteiger partial charge in [-0.3, -0.25) is 9.59 Å². The molecule has 0 aliphatic heterocycles. The molecule has 0 unspecified atom stereocenters. The van der Waals surface area contributed by atoms with Gasteiger partial charge >= 0.3 is 5.97 Å². The van der Waals surface area contributed by atoms with Crippen LogP contribution in [-0.4, -0.2) is 11.0 Å². The first-order valence-corrected chi connectivity index (χ1v) is 8.24. The second-order valence-electron chi connectivity index (χ2n) is 5.42. The van der Waals surface area contributed by atoms with Crippen LogP contribution >= 0.6 is 15.9 Å². The summed E-state index contributed by atoms with van der Waals surface area (Å²) in [6, 6.07) is 9.45. The number of hydrogen-bond acceptors (Lipinski definition) is 4. The molecule has 124 valence electrons. The molecule has 1 aromatic carbocycles. The molecule has 0 saturated heterocycles. The Morgan fingerprint density at radius 2 is 2.04 bits per heavy atom. The van der Waals surface area contributed by atoms with Crippen molar-refractivity contribution in [1.82, 2.24) is 4.98 Å². The Bertz CT molecular complexity index is 866.